The number of hydrogen-bond acceptors (Lipinski definition) is 4. The van der Waals surface area contributed by atoms with E-state index in [1.54, 1.807) is 12.1 Å². The van der Waals surface area contributed by atoms with E-state index in [2.05, 4.69) is 19.2 Å². The molecule has 1 heterocycles. The molecular formula is C21H23NO4S. The fraction of sp³-hybridized carbons (Fsp3) is 0.333. The van der Waals surface area contributed by atoms with Gasteiger partial charge < -0.3 is 5.32 Å². The number of ketones is 1. The Kier molecular flexibility index (Phi) is 5.20. The van der Waals surface area contributed by atoms with Gasteiger partial charge in [0, 0.05) is 22.7 Å². The highest BCUT2D eigenvalue weighted by molar-refractivity contribution is 7.91. The van der Waals surface area contributed by atoms with Crippen LogP contribution in [0.1, 0.15) is 59.9 Å². The molecule has 3 rings (SSSR count). The Bertz CT molecular complexity index is 1010. The van der Waals surface area contributed by atoms with Crippen molar-refractivity contribution < 1.29 is 18.0 Å². The van der Waals surface area contributed by atoms with Crippen LogP contribution in [-0.2, 0) is 9.84 Å². The molecule has 0 aromatic heterocycles. The van der Waals surface area contributed by atoms with Crippen LogP contribution in [0.25, 0.3) is 0 Å². The van der Waals surface area contributed by atoms with Gasteiger partial charge in [0.1, 0.15) is 0 Å². The summed E-state index contributed by atoms with van der Waals surface area (Å²) in [7, 11) is -3.84. The molecule has 142 valence electrons. The molecule has 0 saturated carbocycles. The van der Waals surface area contributed by atoms with Crippen LogP contribution in [0.4, 0.5) is 0 Å². The highest BCUT2D eigenvalue weighted by Gasteiger charge is 2.35. The van der Waals surface area contributed by atoms with Gasteiger partial charge in [0.05, 0.1) is 9.79 Å². The molecule has 2 aromatic rings. The van der Waals surface area contributed by atoms with Crippen molar-refractivity contribution in [1.82, 2.24) is 5.32 Å². The number of hydrogen-bond donors (Lipinski definition) is 1. The quantitative estimate of drug-likeness (QED) is 0.727. The van der Waals surface area contributed by atoms with Crippen molar-refractivity contribution in [2.75, 3.05) is 0 Å². The van der Waals surface area contributed by atoms with Gasteiger partial charge >= 0.3 is 0 Å². The van der Waals surface area contributed by atoms with E-state index in [0.717, 1.165) is 12.8 Å². The zero-order valence-corrected chi connectivity index (χ0v) is 16.5. The van der Waals surface area contributed by atoms with Gasteiger partial charge in [0.15, 0.2) is 5.78 Å². The van der Waals surface area contributed by atoms with Gasteiger partial charge in [-0.15, -0.1) is 0 Å². The molecule has 0 radical (unpaired) electrons. The summed E-state index contributed by atoms with van der Waals surface area (Å²) in [6.07, 6.45) is 1.84. The standard InChI is InChI=1S/C21H23NO4S/c1-13(2)8-9-14(3)22-21(24)15-10-11-17-19(12-15)27(25,26)18-7-5-4-6-16(18)20(17)23/h4-7,10-14H,8-9H2,1-3H3,(H,22,24). The van der Waals surface area contributed by atoms with Gasteiger partial charge in [-0.1, -0.05) is 26.0 Å². The van der Waals surface area contributed by atoms with Crippen molar-refractivity contribution in [2.24, 2.45) is 5.92 Å². The summed E-state index contributed by atoms with van der Waals surface area (Å²) in [5.41, 5.74) is 0.517. The second-order valence-corrected chi connectivity index (χ2v) is 9.27. The van der Waals surface area contributed by atoms with E-state index < -0.39 is 9.84 Å². The summed E-state index contributed by atoms with van der Waals surface area (Å²) in [5.74, 6) is -0.132. The summed E-state index contributed by atoms with van der Waals surface area (Å²) in [4.78, 5) is 25.1. The van der Waals surface area contributed by atoms with E-state index in [9.17, 15) is 18.0 Å². The molecule has 1 aliphatic heterocycles. The lowest BCUT2D eigenvalue weighted by molar-refractivity contribution is 0.0935. The third kappa shape index (κ3) is 3.67. The largest absolute Gasteiger partial charge is 0.350 e. The Morgan fingerprint density at radius 1 is 0.963 bits per heavy atom. The molecule has 6 heteroatoms. The fourth-order valence-corrected chi connectivity index (χ4v) is 4.87. The average Bonchev–Trinajstić information content (AvgIpc) is 2.64. The van der Waals surface area contributed by atoms with E-state index in [1.807, 2.05) is 6.92 Å². The molecule has 1 aliphatic rings. The normalized spacial score (nSPS) is 15.8. The molecule has 1 unspecified atom stereocenters. The third-order valence-electron chi connectivity index (χ3n) is 4.75. The first-order valence-corrected chi connectivity index (χ1v) is 10.5. The topological polar surface area (TPSA) is 80.3 Å². The Labute approximate surface area is 159 Å². The smallest absolute Gasteiger partial charge is 0.251 e. The molecule has 2 aromatic carbocycles. The number of nitrogens with one attached hydrogen (secondary N) is 1. The monoisotopic (exact) mass is 385 g/mol. The van der Waals surface area contributed by atoms with E-state index in [4.69, 9.17) is 0 Å². The van der Waals surface area contributed by atoms with Crippen molar-refractivity contribution in [3.05, 3.63) is 59.2 Å². The number of amides is 1. The molecule has 0 spiro atoms. The molecule has 27 heavy (non-hydrogen) atoms. The van der Waals surface area contributed by atoms with Crippen LogP contribution in [0.5, 0.6) is 0 Å². The first kappa shape index (κ1) is 19.3. The van der Waals surface area contributed by atoms with Crippen LogP contribution in [0.15, 0.2) is 52.3 Å². The Balaban J connectivity index is 1.92. The molecule has 0 aliphatic carbocycles. The molecule has 0 bridgehead atoms. The summed E-state index contributed by atoms with van der Waals surface area (Å²) in [6.45, 7) is 6.17. The maximum absolute atomic E-state index is 12.9. The van der Waals surface area contributed by atoms with Gasteiger partial charge in [-0.25, -0.2) is 8.42 Å². The van der Waals surface area contributed by atoms with Crippen LogP contribution in [0.2, 0.25) is 0 Å². The number of rotatable bonds is 5. The van der Waals surface area contributed by atoms with Crippen LogP contribution >= 0.6 is 0 Å². The van der Waals surface area contributed by atoms with Crippen molar-refractivity contribution in [2.45, 2.75) is 49.4 Å². The Hall–Kier alpha value is -2.47. The predicted octanol–water partition coefficient (Wildman–Crippen LogP) is 3.62. The lowest BCUT2D eigenvalue weighted by Crippen LogP contribution is -2.33. The summed E-state index contributed by atoms with van der Waals surface area (Å²) in [6, 6.07) is 10.4. The molecule has 5 nitrogen and oxygen atoms in total. The minimum absolute atomic E-state index is 0.00893. The first-order valence-electron chi connectivity index (χ1n) is 9.05. The van der Waals surface area contributed by atoms with Gasteiger partial charge in [-0.3, -0.25) is 9.59 Å². The maximum Gasteiger partial charge on any atom is 0.251 e. The molecule has 0 saturated heterocycles. The van der Waals surface area contributed by atoms with Crippen molar-refractivity contribution >= 4 is 21.5 Å². The zero-order chi connectivity index (χ0) is 19.8. The maximum atomic E-state index is 12.9. The number of sulfone groups is 1. The molecule has 1 atom stereocenters. The van der Waals surface area contributed by atoms with Gasteiger partial charge in [-0.05, 0) is 56.0 Å². The van der Waals surface area contributed by atoms with Gasteiger partial charge in [0.25, 0.3) is 5.91 Å². The van der Waals surface area contributed by atoms with Crippen LogP contribution < -0.4 is 5.32 Å². The lowest BCUT2D eigenvalue weighted by atomic mass is 10.0. The number of carbonyl (C=O) groups excluding carboxylic acids is 2. The highest BCUT2D eigenvalue weighted by atomic mass is 32.2. The number of fused-ring (bicyclic) bond motifs is 2. The zero-order valence-electron chi connectivity index (χ0n) is 15.7. The van der Waals surface area contributed by atoms with Crippen molar-refractivity contribution in [3.8, 4) is 0 Å². The van der Waals surface area contributed by atoms with Crippen LogP contribution in [-0.4, -0.2) is 26.2 Å². The van der Waals surface area contributed by atoms with Crippen molar-refractivity contribution in [1.29, 1.82) is 0 Å². The molecular weight excluding hydrogens is 362 g/mol. The summed E-state index contributed by atoms with van der Waals surface area (Å²) >= 11 is 0. The van der Waals surface area contributed by atoms with Gasteiger partial charge in [-0.2, -0.15) is 0 Å². The lowest BCUT2D eigenvalue weighted by Gasteiger charge is -2.20. The average molecular weight is 385 g/mol. The SMILES string of the molecule is CC(C)CCC(C)NC(=O)c1ccc2c(c1)S(=O)(=O)c1ccccc1C2=O. The van der Waals surface area contributed by atoms with Crippen molar-refractivity contribution in [3.63, 3.8) is 0 Å². The van der Waals surface area contributed by atoms with Crippen LogP contribution in [0.3, 0.4) is 0 Å². The third-order valence-corrected chi connectivity index (χ3v) is 6.61. The molecule has 1 amide bonds. The second-order valence-electron chi connectivity index (χ2n) is 7.39. The Morgan fingerprint density at radius 2 is 1.63 bits per heavy atom. The second kappa shape index (κ2) is 7.27. The number of benzene rings is 2. The van der Waals surface area contributed by atoms with E-state index in [0.29, 0.717) is 5.92 Å². The molecule has 1 N–H and O–H groups in total. The number of carbonyl (C=O) groups is 2. The van der Waals surface area contributed by atoms with Crippen LogP contribution in [0, 0.1) is 5.92 Å². The van der Waals surface area contributed by atoms with E-state index >= 15 is 0 Å². The minimum atomic E-state index is -3.84. The Morgan fingerprint density at radius 3 is 2.33 bits per heavy atom. The fourth-order valence-electron chi connectivity index (χ4n) is 3.19. The minimum Gasteiger partial charge on any atom is -0.350 e. The van der Waals surface area contributed by atoms with E-state index in [1.165, 1.54) is 30.3 Å². The summed E-state index contributed by atoms with van der Waals surface area (Å²) < 4.78 is 25.9. The van der Waals surface area contributed by atoms with Gasteiger partial charge in [0.2, 0.25) is 9.84 Å². The first-order chi connectivity index (χ1) is 12.7. The van der Waals surface area contributed by atoms with E-state index in [-0.39, 0.29) is 44.2 Å². The molecule has 0 fully saturated rings. The summed E-state index contributed by atoms with van der Waals surface area (Å²) in [5, 5.41) is 2.90. The highest BCUT2D eigenvalue weighted by Crippen LogP contribution is 2.34. The predicted molar refractivity (Wildman–Crippen MR) is 103 cm³/mol.